The van der Waals surface area contributed by atoms with Crippen LogP contribution in [0.15, 0.2) is 0 Å². The lowest BCUT2D eigenvalue weighted by molar-refractivity contribution is -0.179. The summed E-state index contributed by atoms with van der Waals surface area (Å²) in [5, 5.41) is -0.857. The van der Waals surface area contributed by atoms with Gasteiger partial charge in [-0.05, 0) is 48.5 Å². The summed E-state index contributed by atoms with van der Waals surface area (Å²) in [5.74, 6) is 0. The molecule has 2 bridgehead atoms. The van der Waals surface area contributed by atoms with Gasteiger partial charge in [0.1, 0.15) is 17.8 Å². The number of hydrogen-bond acceptors (Lipinski definition) is 5. The quantitative estimate of drug-likeness (QED) is 0.796. The van der Waals surface area contributed by atoms with Gasteiger partial charge in [0.15, 0.2) is 0 Å². The zero-order valence-corrected chi connectivity index (χ0v) is 15.5. The zero-order valence-electron chi connectivity index (χ0n) is 14.6. The van der Waals surface area contributed by atoms with Gasteiger partial charge in [-0.2, -0.15) is 0 Å². The molecular formula is C15H29O6P. The van der Waals surface area contributed by atoms with Crippen LogP contribution in [0.25, 0.3) is 0 Å². The maximum Gasteiger partial charge on any atom is 0.333 e. The molecule has 2 fully saturated rings. The minimum absolute atomic E-state index is 0.192. The molecule has 0 radical (unpaired) electrons. The predicted molar refractivity (Wildman–Crippen MR) is 83.2 cm³/mol. The van der Waals surface area contributed by atoms with Gasteiger partial charge in [-0.15, -0.1) is 0 Å². The summed E-state index contributed by atoms with van der Waals surface area (Å²) in [6.45, 7) is 13.4. The first-order chi connectivity index (χ1) is 9.78. The summed E-state index contributed by atoms with van der Waals surface area (Å²) in [5.41, 5.74) is -1.15. The maximum absolute atomic E-state index is 12.5. The van der Waals surface area contributed by atoms with Gasteiger partial charge in [0.25, 0.3) is 0 Å². The van der Waals surface area contributed by atoms with E-state index in [-0.39, 0.29) is 24.4 Å². The summed E-state index contributed by atoms with van der Waals surface area (Å²) in [7, 11) is -3.81. The van der Waals surface area contributed by atoms with Crippen LogP contribution in [0.4, 0.5) is 0 Å². The molecule has 0 aliphatic carbocycles. The van der Waals surface area contributed by atoms with Crippen molar-refractivity contribution in [2.45, 2.75) is 83.1 Å². The summed E-state index contributed by atoms with van der Waals surface area (Å²) >= 11 is 0. The van der Waals surface area contributed by atoms with Gasteiger partial charge >= 0.3 is 7.60 Å². The molecule has 0 amide bonds. The van der Waals surface area contributed by atoms with E-state index in [1.54, 1.807) is 20.8 Å². The Morgan fingerprint density at radius 2 is 1.86 bits per heavy atom. The van der Waals surface area contributed by atoms with E-state index in [4.69, 9.17) is 18.7 Å². The molecule has 2 unspecified atom stereocenters. The van der Waals surface area contributed by atoms with Gasteiger partial charge in [-0.1, -0.05) is 0 Å². The standard InChI is InChI=1S/C15H29O6P/c1-10-11-12(21-22(16,17)14(5,6)7)15(20-10,8-18-11)9-19-13(2,3)4/h10-12H,8-9H2,1-7H3,(H,16,17)/t10-,11+,12?,15+/m0/s1. The molecule has 0 saturated carbocycles. The molecule has 130 valence electrons. The van der Waals surface area contributed by atoms with Gasteiger partial charge in [-0.3, -0.25) is 9.09 Å². The van der Waals surface area contributed by atoms with Crippen LogP contribution in [0.2, 0.25) is 0 Å². The third-order valence-electron chi connectivity index (χ3n) is 4.07. The lowest BCUT2D eigenvalue weighted by Crippen LogP contribution is -2.48. The molecule has 0 aromatic heterocycles. The molecule has 0 aromatic carbocycles. The van der Waals surface area contributed by atoms with Gasteiger partial charge < -0.3 is 19.1 Å². The average Bonchev–Trinajstić information content (AvgIpc) is 2.76. The van der Waals surface area contributed by atoms with Crippen molar-refractivity contribution in [2.24, 2.45) is 0 Å². The van der Waals surface area contributed by atoms with Crippen LogP contribution in [0, 0.1) is 0 Å². The predicted octanol–water partition coefficient (Wildman–Crippen LogP) is 2.73. The van der Waals surface area contributed by atoms with Crippen molar-refractivity contribution in [1.82, 2.24) is 0 Å². The molecule has 2 heterocycles. The molecule has 1 N–H and O–H groups in total. The fourth-order valence-corrected chi connectivity index (χ4v) is 3.53. The first-order valence-electron chi connectivity index (χ1n) is 7.72. The van der Waals surface area contributed by atoms with Gasteiger partial charge in [-0.25, -0.2) is 0 Å². The molecule has 7 heteroatoms. The Kier molecular flexibility index (Phi) is 4.62. The number of hydrogen-bond donors (Lipinski definition) is 1. The fourth-order valence-electron chi connectivity index (χ4n) is 2.59. The Labute approximate surface area is 133 Å². The lowest BCUT2D eigenvalue weighted by atomic mass is 9.99. The molecule has 2 aliphatic heterocycles. The number of rotatable bonds is 4. The minimum atomic E-state index is -3.81. The Morgan fingerprint density at radius 1 is 1.27 bits per heavy atom. The van der Waals surface area contributed by atoms with Crippen LogP contribution in [0.1, 0.15) is 48.5 Å². The van der Waals surface area contributed by atoms with E-state index < -0.39 is 24.5 Å². The zero-order chi connectivity index (χ0) is 17.0. The first kappa shape index (κ1) is 18.4. The lowest BCUT2D eigenvalue weighted by Gasteiger charge is -2.35. The van der Waals surface area contributed by atoms with Crippen LogP contribution < -0.4 is 0 Å². The number of fused-ring (bicyclic) bond motifs is 2. The van der Waals surface area contributed by atoms with Gasteiger partial charge in [0.05, 0.1) is 30.1 Å². The molecule has 22 heavy (non-hydrogen) atoms. The second-order valence-corrected chi connectivity index (χ2v) is 10.9. The highest BCUT2D eigenvalue weighted by Gasteiger charge is 2.63. The summed E-state index contributed by atoms with van der Waals surface area (Å²) < 4.78 is 35.8. The second kappa shape index (κ2) is 5.54. The van der Waals surface area contributed by atoms with E-state index in [2.05, 4.69) is 0 Å². The minimum Gasteiger partial charge on any atom is -0.373 e. The molecule has 6 nitrogen and oxygen atoms in total. The van der Waals surface area contributed by atoms with E-state index in [9.17, 15) is 9.46 Å². The van der Waals surface area contributed by atoms with Crippen molar-refractivity contribution in [1.29, 1.82) is 0 Å². The SMILES string of the molecule is C[C@@H]1O[C@@]2(COC(C)(C)C)CO[C@H]1C2OP(=O)(O)C(C)(C)C. The van der Waals surface area contributed by atoms with Crippen molar-refractivity contribution in [2.75, 3.05) is 13.2 Å². The van der Waals surface area contributed by atoms with Crippen molar-refractivity contribution in [3.8, 4) is 0 Å². The number of ether oxygens (including phenoxy) is 3. The first-order valence-corrected chi connectivity index (χ1v) is 9.30. The molecule has 2 aliphatic rings. The smallest absolute Gasteiger partial charge is 0.333 e. The summed E-state index contributed by atoms with van der Waals surface area (Å²) in [6.07, 6.45) is -1.13. The Hall–Kier alpha value is 0.0300. The Morgan fingerprint density at radius 3 is 2.32 bits per heavy atom. The molecule has 2 saturated heterocycles. The second-order valence-electron chi connectivity index (χ2n) is 8.28. The van der Waals surface area contributed by atoms with Crippen LogP contribution in [0.3, 0.4) is 0 Å². The van der Waals surface area contributed by atoms with Crippen LogP contribution in [-0.4, -0.2) is 52.8 Å². The van der Waals surface area contributed by atoms with Crippen molar-refractivity contribution >= 4 is 7.60 Å². The Bertz CT molecular complexity index is 466. The highest BCUT2D eigenvalue weighted by Crippen LogP contribution is 2.59. The van der Waals surface area contributed by atoms with E-state index >= 15 is 0 Å². The Balaban J connectivity index is 2.20. The average molecular weight is 336 g/mol. The molecule has 2 rings (SSSR count). The fraction of sp³-hybridized carbons (Fsp3) is 1.00. The summed E-state index contributed by atoms with van der Waals surface area (Å²) in [6, 6.07) is 0. The van der Waals surface area contributed by atoms with Gasteiger partial charge in [0.2, 0.25) is 0 Å². The van der Waals surface area contributed by atoms with Crippen LogP contribution in [-0.2, 0) is 23.3 Å². The van der Waals surface area contributed by atoms with E-state index in [0.29, 0.717) is 6.61 Å². The normalized spacial score (nSPS) is 38.3. The third kappa shape index (κ3) is 3.42. The maximum atomic E-state index is 12.5. The van der Waals surface area contributed by atoms with Gasteiger partial charge in [0, 0.05) is 0 Å². The summed E-state index contributed by atoms with van der Waals surface area (Å²) in [4.78, 5) is 10.3. The highest BCUT2D eigenvalue weighted by atomic mass is 31.2. The molecule has 0 spiro atoms. The van der Waals surface area contributed by atoms with E-state index in [1.807, 2.05) is 27.7 Å². The van der Waals surface area contributed by atoms with Crippen molar-refractivity contribution < 1.29 is 28.2 Å². The molecular weight excluding hydrogens is 307 g/mol. The topological polar surface area (TPSA) is 74.2 Å². The van der Waals surface area contributed by atoms with Crippen LogP contribution in [0.5, 0.6) is 0 Å². The largest absolute Gasteiger partial charge is 0.373 e. The van der Waals surface area contributed by atoms with E-state index in [1.165, 1.54) is 0 Å². The van der Waals surface area contributed by atoms with Crippen molar-refractivity contribution in [3.63, 3.8) is 0 Å². The van der Waals surface area contributed by atoms with E-state index in [0.717, 1.165) is 0 Å². The molecule has 5 atom stereocenters. The third-order valence-corrected chi connectivity index (χ3v) is 6.28. The van der Waals surface area contributed by atoms with Crippen molar-refractivity contribution in [3.05, 3.63) is 0 Å². The van der Waals surface area contributed by atoms with Crippen LogP contribution >= 0.6 is 7.60 Å². The molecule has 0 aromatic rings. The highest BCUT2D eigenvalue weighted by molar-refractivity contribution is 7.54. The monoisotopic (exact) mass is 336 g/mol.